The Labute approximate surface area is 111 Å². The predicted molar refractivity (Wildman–Crippen MR) is 75.8 cm³/mol. The van der Waals surface area contributed by atoms with Gasteiger partial charge in [-0.3, -0.25) is 0 Å². The van der Waals surface area contributed by atoms with Crippen molar-refractivity contribution in [1.82, 2.24) is 4.90 Å². The number of rotatable bonds is 4. The molecule has 2 nitrogen and oxygen atoms in total. The van der Waals surface area contributed by atoms with Gasteiger partial charge in [0, 0.05) is 12.5 Å². The van der Waals surface area contributed by atoms with Crippen molar-refractivity contribution in [3.05, 3.63) is 35.9 Å². The topological polar surface area (TPSA) is 23.5 Å². The van der Waals surface area contributed by atoms with Gasteiger partial charge >= 0.3 is 0 Å². The molecule has 1 saturated carbocycles. The highest BCUT2D eigenvalue weighted by atomic mass is 16.3. The Morgan fingerprint density at radius 2 is 1.72 bits per heavy atom. The molecule has 0 aliphatic heterocycles. The van der Waals surface area contributed by atoms with Gasteiger partial charge in [-0.05, 0) is 32.5 Å². The lowest BCUT2D eigenvalue weighted by atomic mass is 9.72. The lowest BCUT2D eigenvalue weighted by Gasteiger charge is -2.40. The Hall–Kier alpha value is -0.860. The quantitative estimate of drug-likeness (QED) is 0.884. The number of likely N-dealkylation sites (N-methyl/N-ethyl adjacent to an activating group) is 1. The largest absolute Gasteiger partial charge is 0.389 e. The minimum absolute atomic E-state index is 0.231. The van der Waals surface area contributed by atoms with E-state index in [1.165, 1.54) is 12.0 Å². The van der Waals surface area contributed by atoms with Crippen molar-refractivity contribution >= 4 is 0 Å². The van der Waals surface area contributed by atoms with Crippen LogP contribution in [-0.2, 0) is 0 Å². The highest BCUT2D eigenvalue weighted by Gasteiger charge is 2.38. The summed E-state index contributed by atoms with van der Waals surface area (Å²) in [7, 11) is 4.17. The van der Waals surface area contributed by atoms with E-state index in [0.29, 0.717) is 0 Å². The Morgan fingerprint density at radius 1 is 1.11 bits per heavy atom. The summed E-state index contributed by atoms with van der Waals surface area (Å²) in [5.74, 6) is 0.231. The molecule has 2 heteroatoms. The third-order valence-corrected chi connectivity index (χ3v) is 4.12. The number of hydrogen-bond acceptors (Lipinski definition) is 2. The second kappa shape index (κ2) is 5.85. The molecule has 1 atom stereocenters. The third-order valence-electron chi connectivity index (χ3n) is 4.12. The van der Waals surface area contributed by atoms with Crippen molar-refractivity contribution < 1.29 is 5.11 Å². The molecular weight excluding hydrogens is 222 g/mol. The molecule has 1 aromatic rings. The highest BCUT2D eigenvalue weighted by Crippen LogP contribution is 2.40. The van der Waals surface area contributed by atoms with E-state index in [-0.39, 0.29) is 5.92 Å². The van der Waals surface area contributed by atoms with Crippen molar-refractivity contribution in [2.24, 2.45) is 0 Å². The van der Waals surface area contributed by atoms with Crippen LogP contribution in [0.3, 0.4) is 0 Å². The van der Waals surface area contributed by atoms with Gasteiger partial charge < -0.3 is 10.0 Å². The molecule has 0 radical (unpaired) electrons. The molecule has 0 aromatic heterocycles. The molecule has 0 amide bonds. The minimum Gasteiger partial charge on any atom is -0.389 e. The molecular formula is C16H25NO. The molecule has 1 fully saturated rings. The van der Waals surface area contributed by atoms with Crippen molar-refractivity contribution in [1.29, 1.82) is 0 Å². The zero-order chi connectivity index (χ0) is 13.0. The fourth-order valence-corrected chi connectivity index (χ4v) is 3.15. The van der Waals surface area contributed by atoms with E-state index >= 15 is 0 Å². The van der Waals surface area contributed by atoms with E-state index in [1.54, 1.807) is 0 Å². The van der Waals surface area contributed by atoms with E-state index in [0.717, 1.165) is 32.2 Å². The van der Waals surface area contributed by atoms with E-state index in [4.69, 9.17) is 0 Å². The number of nitrogens with zero attached hydrogens (tertiary/aromatic N) is 1. The second-order valence-corrected chi connectivity index (χ2v) is 5.89. The van der Waals surface area contributed by atoms with Crippen LogP contribution in [0.5, 0.6) is 0 Å². The Bertz CT molecular complexity index is 355. The zero-order valence-corrected chi connectivity index (χ0v) is 11.6. The first kappa shape index (κ1) is 13.6. The molecule has 100 valence electrons. The van der Waals surface area contributed by atoms with Gasteiger partial charge in [0.1, 0.15) is 0 Å². The SMILES string of the molecule is CN(C)C[C@@H](c1ccccc1)C1(O)CCCCC1. The molecule has 0 spiro atoms. The maximum absolute atomic E-state index is 11.0. The average Bonchev–Trinajstić information content (AvgIpc) is 2.37. The molecule has 0 heterocycles. The number of hydrogen-bond donors (Lipinski definition) is 1. The van der Waals surface area contributed by atoms with Crippen molar-refractivity contribution in [3.8, 4) is 0 Å². The maximum Gasteiger partial charge on any atom is 0.0728 e. The van der Waals surface area contributed by atoms with Gasteiger partial charge in [-0.25, -0.2) is 0 Å². The van der Waals surface area contributed by atoms with Crippen LogP contribution in [-0.4, -0.2) is 36.2 Å². The van der Waals surface area contributed by atoms with Crippen LogP contribution in [0.2, 0.25) is 0 Å². The summed E-state index contributed by atoms with van der Waals surface area (Å²) in [5, 5.41) is 11.0. The molecule has 0 bridgehead atoms. The molecule has 0 saturated heterocycles. The normalized spacial score (nSPS) is 20.9. The minimum atomic E-state index is -0.510. The van der Waals surface area contributed by atoms with E-state index in [2.05, 4.69) is 43.3 Å². The van der Waals surface area contributed by atoms with Crippen LogP contribution in [0.4, 0.5) is 0 Å². The Balaban J connectivity index is 2.24. The first-order chi connectivity index (χ1) is 8.62. The summed E-state index contributed by atoms with van der Waals surface area (Å²) in [6.07, 6.45) is 5.48. The standard InChI is InChI=1S/C16H25NO/c1-17(2)13-15(14-9-5-3-6-10-14)16(18)11-7-4-8-12-16/h3,5-6,9-10,15,18H,4,7-8,11-13H2,1-2H3/t15-/m0/s1. The smallest absolute Gasteiger partial charge is 0.0728 e. The van der Waals surface area contributed by atoms with E-state index in [1.807, 2.05) is 6.07 Å². The fraction of sp³-hybridized carbons (Fsp3) is 0.625. The van der Waals surface area contributed by atoms with Gasteiger partial charge in [0.2, 0.25) is 0 Å². The van der Waals surface area contributed by atoms with Crippen molar-refractivity contribution in [2.75, 3.05) is 20.6 Å². The summed E-state index contributed by atoms with van der Waals surface area (Å²) in [4.78, 5) is 2.18. The first-order valence-corrected chi connectivity index (χ1v) is 7.04. The molecule has 2 rings (SSSR count). The van der Waals surface area contributed by atoms with Crippen LogP contribution in [0.15, 0.2) is 30.3 Å². The second-order valence-electron chi connectivity index (χ2n) is 5.89. The van der Waals surface area contributed by atoms with Gasteiger partial charge in [-0.15, -0.1) is 0 Å². The van der Waals surface area contributed by atoms with Crippen LogP contribution < -0.4 is 0 Å². The number of benzene rings is 1. The van der Waals surface area contributed by atoms with Crippen molar-refractivity contribution in [3.63, 3.8) is 0 Å². The van der Waals surface area contributed by atoms with Crippen LogP contribution in [0, 0.1) is 0 Å². The summed E-state index contributed by atoms with van der Waals surface area (Å²) < 4.78 is 0. The molecule has 1 N–H and O–H groups in total. The monoisotopic (exact) mass is 247 g/mol. The molecule has 1 aliphatic rings. The summed E-state index contributed by atoms with van der Waals surface area (Å²) >= 11 is 0. The van der Waals surface area contributed by atoms with Crippen molar-refractivity contribution in [2.45, 2.75) is 43.6 Å². The number of aliphatic hydroxyl groups is 1. The fourth-order valence-electron chi connectivity index (χ4n) is 3.15. The van der Waals surface area contributed by atoms with Crippen LogP contribution in [0.25, 0.3) is 0 Å². The van der Waals surface area contributed by atoms with Gasteiger partial charge in [0.25, 0.3) is 0 Å². The molecule has 18 heavy (non-hydrogen) atoms. The summed E-state index contributed by atoms with van der Waals surface area (Å²) in [5.41, 5.74) is 0.764. The van der Waals surface area contributed by atoms with E-state index < -0.39 is 5.60 Å². The summed E-state index contributed by atoms with van der Waals surface area (Å²) in [6.45, 7) is 0.917. The third kappa shape index (κ3) is 3.12. The first-order valence-electron chi connectivity index (χ1n) is 7.04. The summed E-state index contributed by atoms with van der Waals surface area (Å²) in [6, 6.07) is 10.5. The Kier molecular flexibility index (Phi) is 4.41. The molecule has 1 aliphatic carbocycles. The maximum atomic E-state index is 11.0. The van der Waals surface area contributed by atoms with E-state index in [9.17, 15) is 5.11 Å². The van der Waals surface area contributed by atoms with Gasteiger partial charge in [-0.2, -0.15) is 0 Å². The van der Waals surface area contributed by atoms with Crippen LogP contribution in [0.1, 0.15) is 43.6 Å². The predicted octanol–water partition coefficient (Wildman–Crippen LogP) is 3.03. The van der Waals surface area contributed by atoms with Crippen LogP contribution >= 0.6 is 0 Å². The van der Waals surface area contributed by atoms with Gasteiger partial charge in [0.15, 0.2) is 0 Å². The van der Waals surface area contributed by atoms with Gasteiger partial charge in [-0.1, -0.05) is 49.6 Å². The lowest BCUT2D eigenvalue weighted by Crippen LogP contribution is -2.42. The molecule has 0 unspecified atom stereocenters. The lowest BCUT2D eigenvalue weighted by molar-refractivity contribution is -0.0277. The molecule has 1 aromatic carbocycles. The Morgan fingerprint density at radius 3 is 2.28 bits per heavy atom. The van der Waals surface area contributed by atoms with Gasteiger partial charge in [0.05, 0.1) is 5.60 Å². The zero-order valence-electron chi connectivity index (χ0n) is 11.6. The average molecular weight is 247 g/mol. The highest BCUT2D eigenvalue weighted by molar-refractivity contribution is 5.24.